The summed E-state index contributed by atoms with van der Waals surface area (Å²) in [5, 5.41) is 20.1. The highest BCUT2D eigenvalue weighted by molar-refractivity contribution is 6.32. The number of halogens is 1. The number of nitrogens with zero attached hydrogens (tertiary/aromatic N) is 4. The van der Waals surface area contributed by atoms with Crippen LogP contribution in [-0.2, 0) is 6.54 Å². The van der Waals surface area contributed by atoms with Gasteiger partial charge in [0.1, 0.15) is 18.7 Å². The topological polar surface area (TPSA) is 90.1 Å². The van der Waals surface area contributed by atoms with E-state index in [0.717, 1.165) is 0 Å². The van der Waals surface area contributed by atoms with Crippen molar-refractivity contribution in [1.29, 1.82) is 0 Å². The molecule has 1 aromatic heterocycles. The highest BCUT2D eigenvalue weighted by Gasteiger charge is 2.14. The van der Waals surface area contributed by atoms with Gasteiger partial charge in [-0.3, -0.25) is 0 Å². The Morgan fingerprint density at radius 3 is 2.95 bits per heavy atom. The van der Waals surface area contributed by atoms with Gasteiger partial charge < -0.3 is 9.84 Å². The lowest BCUT2D eigenvalue weighted by atomic mass is 10.1. The maximum absolute atomic E-state index is 11.0. The number of aromatic nitrogens is 4. The predicted octanol–water partition coefficient (Wildman–Crippen LogP) is 1.41. The molecule has 0 unspecified atom stereocenters. The number of hydrogen-bond acceptors (Lipinski definition) is 5. The summed E-state index contributed by atoms with van der Waals surface area (Å²) in [7, 11) is 0. The van der Waals surface area contributed by atoms with Crippen LogP contribution in [0.2, 0.25) is 5.02 Å². The zero-order chi connectivity index (χ0) is 13.8. The van der Waals surface area contributed by atoms with Crippen molar-refractivity contribution in [2.75, 3.05) is 6.61 Å². The Balaban J connectivity index is 2.11. The first-order chi connectivity index (χ1) is 9.09. The number of aromatic carboxylic acids is 1. The molecule has 2 aromatic rings. The fourth-order valence-electron chi connectivity index (χ4n) is 1.59. The Kier molecular flexibility index (Phi) is 3.96. The van der Waals surface area contributed by atoms with Crippen LogP contribution in [0, 0.1) is 6.92 Å². The second-order valence-corrected chi connectivity index (χ2v) is 4.18. The normalized spacial score (nSPS) is 10.4. The molecule has 0 aliphatic rings. The number of hydrogen-bond donors (Lipinski definition) is 1. The molecule has 1 N–H and O–H groups in total. The van der Waals surface area contributed by atoms with Crippen LogP contribution >= 0.6 is 11.6 Å². The van der Waals surface area contributed by atoms with Gasteiger partial charge in [0.05, 0.1) is 17.1 Å². The van der Waals surface area contributed by atoms with Gasteiger partial charge in [0, 0.05) is 5.56 Å². The van der Waals surface area contributed by atoms with E-state index in [4.69, 9.17) is 21.4 Å². The lowest BCUT2D eigenvalue weighted by Crippen LogP contribution is -2.11. The number of carbonyl (C=O) groups is 1. The molecule has 19 heavy (non-hydrogen) atoms. The van der Waals surface area contributed by atoms with E-state index in [-0.39, 0.29) is 12.2 Å². The second-order valence-electron chi connectivity index (χ2n) is 3.78. The molecule has 0 atom stereocenters. The van der Waals surface area contributed by atoms with Crippen molar-refractivity contribution < 1.29 is 14.6 Å². The van der Waals surface area contributed by atoms with Crippen molar-refractivity contribution in [3.8, 4) is 5.75 Å². The van der Waals surface area contributed by atoms with Gasteiger partial charge in [0.15, 0.2) is 0 Å². The Morgan fingerprint density at radius 2 is 2.32 bits per heavy atom. The standard InChI is InChI=1S/C11H11ClN4O3/c1-7-8(11(17)18)2-3-9(12)10(7)19-5-4-16-6-13-14-15-16/h2-3,6H,4-5H2,1H3,(H,17,18). The number of ether oxygens (including phenoxy) is 1. The average Bonchev–Trinajstić information content (AvgIpc) is 2.86. The highest BCUT2D eigenvalue weighted by atomic mass is 35.5. The SMILES string of the molecule is Cc1c(C(=O)O)ccc(Cl)c1OCCn1cnnn1. The van der Waals surface area contributed by atoms with E-state index in [9.17, 15) is 4.79 Å². The number of tetrazole rings is 1. The Hall–Kier alpha value is -2.15. The molecule has 0 bridgehead atoms. The van der Waals surface area contributed by atoms with Crippen molar-refractivity contribution in [3.05, 3.63) is 34.6 Å². The van der Waals surface area contributed by atoms with E-state index >= 15 is 0 Å². The minimum Gasteiger partial charge on any atom is -0.490 e. The van der Waals surface area contributed by atoms with E-state index < -0.39 is 5.97 Å². The van der Waals surface area contributed by atoms with Crippen LogP contribution in [0.5, 0.6) is 5.75 Å². The van der Waals surface area contributed by atoms with Crippen molar-refractivity contribution in [2.24, 2.45) is 0 Å². The van der Waals surface area contributed by atoms with E-state index in [1.807, 2.05) is 0 Å². The van der Waals surface area contributed by atoms with Gasteiger partial charge in [-0.2, -0.15) is 0 Å². The van der Waals surface area contributed by atoms with Crippen LogP contribution in [0.1, 0.15) is 15.9 Å². The van der Waals surface area contributed by atoms with Crippen LogP contribution in [-0.4, -0.2) is 37.9 Å². The third-order valence-corrected chi connectivity index (χ3v) is 2.84. The Bertz CT molecular complexity index is 586. The first-order valence-corrected chi connectivity index (χ1v) is 5.83. The molecule has 0 saturated carbocycles. The molecule has 100 valence electrons. The molecule has 0 amide bonds. The van der Waals surface area contributed by atoms with Gasteiger partial charge in [0.25, 0.3) is 0 Å². The number of carboxylic acid groups (broad SMARTS) is 1. The predicted molar refractivity (Wildman–Crippen MR) is 66.5 cm³/mol. The molecule has 1 heterocycles. The lowest BCUT2D eigenvalue weighted by molar-refractivity contribution is 0.0695. The molecule has 0 aliphatic carbocycles. The molecule has 2 rings (SSSR count). The molecule has 0 saturated heterocycles. The summed E-state index contributed by atoms with van der Waals surface area (Å²) >= 11 is 6.00. The third kappa shape index (κ3) is 3.00. The van der Waals surface area contributed by atoms with E-state index in [1.54, 1.807) is 6.92 Å². The van der Waals surface area contributed by atoms with Crippen LogP contribution in [0.25, 0.3) is 0 Å². The van der Waals surface area contributed by atoms with E-state index in [0.29, 0.717) is 22.9 Å². The van der Waals surface area contributed by atoms with Crippen molar-refractivity contribution in [2.45, 2.75) is 13.5 Å². The van der Waals surface area contributed by atoms with E-state index in [1.165, 1.54) is 23.1 Å². The molecule has 0 radical (unpaired) electrons. The summed E-state index contributed by atoms with van der Waals surface area (Å²) in [6.07, 6.45) is 1.46. The molecule has 0 fully saturated rings. The van der Waals surface area contributed by atoms with Crippen LogP contribution < -0.4 is 4.74 Å². The molecule has 0 spiro atoms. The first-order valence-electron chi connectivity index (χ1n) is 5.45. The van der Waals surface area contributed by atoms with Gasteiger partial charge in [-0.15, -0.1) is 5.10 Å². The van der Waals surface area contributed by atoms with Crippen LogP contribution in [0.3, 0.4) is 0 Å². The molecule has 7 nitrogen and oxygen atoms in total. The monoisotopic (exact) mass is 282 g/mol. The number of benzene rings is 1. The molecular formula is C11H11ClN4O3. The van der Waals surface area contributed by atoms with Crippen LogP contribution in [0.15, 0.2) is 18.5 Å². The maximum Gasteiger partial charge on any atom is 0.336 e. The average molecular weight is 283 g/mol. The maximum atomic E-state index is 11.0. The van der Waals surface area contributed by atoms with Gasteiger partial charge in [-0.1, -0.05) is 11.6 Å². The van der Waals surface area contributed by atoms with Gasteiger partial charge in [-0.05, 0) is 29.5 Å². The Morgan fingerprint density at radius 1 is 1.53 bits per heavy atom. The van der Waals surface area contributed by atoms with Gasteiger partial charge in [-0.25, -0.2) is 9.48 Å². The quantitative estimate of drug-likeness (QED) is 0.892. The number of carboxylic acids is 1. The minimum absolute atomic E-state index is 0.168. The fourth-order valence-corrected chi connectivity index (χ4v) is 1.85. The zero-order valence-electron chi connectivity index (χ0n) is 10.1. The van der Waals surface area contributed by atoms with Crippen molar-refractivity contribution >= 4 is 17.6 Å². The van der Waals surface area contributed by atoms with Crippen molar-refractivity contribution in [1.82, 2.24) is 20.2 Å². The summed E-state index contributed by atoms with van der Waals surface area (Å²) < 4.78 is 7.02. The molecule has 0 aliphatic heterocycles. The molecule has 1 aromatic carbocycles. The second kappa shape index (κ2) is 5.66. The van der Waals surface area contributed by atoms with Gasteiger partial charge in [0.2, 0.25) is 0 Å². The number of rotatable bonds is 5. The fraction of sp³-hybridized carbons (Fsp3) is 0.273. The van der Waals surface area contributed by atoms with E-state index in [2.05, 4.69) is 15.5 Å². The Labute approximate surface area is 113 Å². The zero-order valence-corrected chi connectivity index (χ0v) is 10.8. The summed E-state index contributed by atoms with van der Waals surface area (Å²) in [5.41, 5.74) is 0.665. The largest absolute Gasteiger partial charge is 0.490 e. The van der Waals surface area contributed by atoms with Crippen LogP contribution in [0.4, 0.5) is 0 Å². The highest BCUT2D eigenvalue weighted by Crippen LogP contribution is 2.30. The summed E-state index contributed by atoms with van der Waals surface area (Å²) in [6, 6.07) is 2.96. The molecular weight excluding hydrogens is 272 g/mol. The summed E-state index contributed by atoms with van der Waals surface area (Å²) in [5.74, 6) is -0.644. The summed E-state index contributed by atoms with van der Waals surface area (Å²) in [4.78, 5) is 11.0. The minimum atomic E-state index is -1.01. The van der Waals surface area contributed by atoms with Crippen molar-refractivity contribution in [3.63, 3.8) is 0 Å². The third-order valence-electron chi connectivity index (χ3n) is 2.55. The first kappa shape index (κ1) is 13.3. The lowest BCUT2D eigenvalue weighted by Gasteiger charge is -2.12. The van der Waals surface area contributed by atoms with Gasteiger partial charge >= 0.3 is 5.97 Å². The summed E-state index contributed by atoms with van der Waals surface area (Å²) in [6.45, 7) is 2.39. The smallest absolute Gasteiger partial charge is 0.336 e. The molecule has 8 heteroatoms.